The van der Waals surface area contributed by atoms with Gasteiger partial charge in [0.1, 0.15) is 11.6 Å². The lowest BCUT2D eigenvalue weighted by Gasteiger charge is -2.08. The fraction of sp³-hybridized carbons (Fsp3) is 0.312. The van der Waals surface area contributed by atoms with Crippen molar-refractivity contribution in [1.82, 2.24) is 15.5 Å². The summed E-state index contributed by atoms with van der Waals surface area (Å²) in [5.74, 6) is 0.763. The zero-order valence-electron chi connectivity index (χ0n) is 12.6. The smallest absolute Gasteiger partial charge is 0.320 e. The van der Waals surface area contributed by atoms with Gasteiger partial charge in [0.25, 0.3) is 0 Å². The molecule has 0 unspecified atom stereocenters. The lowest BCUT2D eigenvalue weighted by atomic mass is 10.1. The molecular formula is C16H18FN5O. The van der Waals surface area contributed by atoms with E-state index in [9.17, 15) is 9.18 Å². The summed E-state index contributed by atoms with van der Waals surface area (Å²) >= 11 is 0. The van der Waals surface area contributed by atoms with Gasteiger partial charge in [-0.25, -0.2) is 9.18 Å². The van der Waals surface area contributed by atoms with E-state index in [-0.39, 0.29) is 11.8 Å². The van der Waals surface area contributed by atoms with Gasteiger partial charge < -0.3 is 10.6 Å². The maximum absolute atomic E-state index is 13.5. The first-order valence-electron chi connectivity index (χ1n) is 7.59. The van der Waals surface area contributed by atoms with Gasteiger partial charge >= 0.3 is 6.03 Å². The first-order valence-corrected chi connectivity index (χ1v) is 7.59. The second-order valence-electron chi connectivity index (χ2n) is 5.44. The average Bonchev–Trinajstić information content (AvgIpc) is 3.35. The number of benzene rings is 1. The molecule has 1 aliphatic carbocycles. The molecule has 120 valence electrons. The number of hydrogen-bond donors (Lipinski definition) is 3. The lowest BCUT2D eigenvalue weighted by Crippen LogP contribution is -2.30. The van der Waals surface area contributed by atoms with Crippen LogP contribution in [0.1, 0.15) is 18.4 Å². The van der Waals surface area contributed by atoms with E-state index < -0.39 is 0 Å². The highest BCUT2D eigenvalue weighted by Gasteiger charge is 2.23. The van der Waals surface area contributed by atoms with Crippen molar-refractivity contribution >= 4 is 17.7 Å². The first kappa shape index (κ1) is 15.2. The fourth-order valence-corrected chi connectivity index (χ4v) is 2.09. The number of carbonyl (C=O) groups excluding carboxylic acids is 1. The molecular weight excluding hydrogens is 297 g/mol. The molecule has 0 bridgehead atoms. The zero-order chi connectivity index (χ0) is 16.1. The van der Waals surface area contributed by atoms with Crippen LogP contribution in [0.2, 0.25) is 0 Å². The standard InChI is InChI=1S/C16H18FN5O/c17-13-4-2-1-3-11(13)9-10-18-14-7-8-15(22-21-14)20-16(23)19-12-5-6-12/h1-4,7-8,12H,5-6,9-10H2,(H,18,21)(H2,19,20,22,23). The van der Waals surface area contributed by atoms with Gasteiger partial charge in [0.2, 0.25) is 0 Å². The summed E-state index contributed by atoms with van der Waals surface area (Å²) in [6.45, 7) is 0.546. The summed E-state index contributed by atoms with van der Waals surface area (Å²) in [5.41, 5.74) is 0.656. The molecule has 3 N–H and O–H groups in total. The Bertz CT molecular complexity index is 672. The molecule has 23 heavy (non-hydrogen) atoms. The number of hydrogen-bond acceptors (Lipinski definition) is 4. The van der Waals surface area contributed by atoms with Crippen LogP contribution < -0.4 is 16.0 Å². The van der Waals surface area contributed by atoms with E-state index in [0.717, 1.165) is 12.8 Å². The molecule has 0 atom stereocenters. The second-order valence-corrected chi connectivity index (χ2v) is 5.44. The van der Waals surface area contributed by atoms with Crippen molar-refractivity contribution in [2.45, 2.75) is 25.3 Å². The average molecular weight is 315 g/mol. The maximum atomic E-state index is 13.5. The Morgan fingerprint density at radius 3 is 2.57 bits per heavy atom. The molecule has 1 aromatic carbocycles. The van der Waals surface area contributed by atoms with Crippen LogP contribution in [0.15, 0.2) is 36.4 Å². The van der Waals surface area contributed by atoms with Gasteiger partial charge in [0.15, 0.2) is 5.82 Å². The minimum absolute atomic E-state index is 0.207. The number of aromatic nitrogens is 2. The fourth-order valence-electron chi connectivity index (χ4n) is 2.09. The van der Waals surface area contributed by atoms with E-state index in [1.807, 2.05) is 6.07 Å². The number of nitrogens with zero attached hydrogens (tertiary/aromatic N) is 2. The zero-order valence-corrected chi connectivity index (χ0v) is 12.6. The van der Waals surface area contributed by atoms with E-state index in [0.29, 0.717) is 36.2 Å². The molecule has 1 saturated carbocycles. The van der Waals surface area contributed by atoms with Crippen LogP contribution in [-0.2, 0) is 6.42 Å². The van der Waals surface area contributed by atoms with Crippen molar-refractivity contribution in [1.29, 1.82) is 0 Å². The quantitative estimate of drug-likeness (QED) is 0.765. The maximum Gasteiger partial charge on any atom is 0.320 e. The highest BCUT2D eigenvalue weighted by molar-refractivity contribution is 5.88. The molecule has 6 nitrogen and oxygen atoms in total. The molecule has 1 heterocycles. The predicted molar refractivity (Wildman–Crippen MR) is 85.8 cm³/mol. The molecule has 2 amide bonds. The molecule has 0 radical (unpaired) electrons. The SMILES string of the molecule is O=C(Nc1ccc(NCCc2ccccc2F)nn1)NC1CC1. The third kappa shape index (κ3) is 4.64. The van der Waals surface area contributed by atoms with Gasteiger partial charge in [-0.05, 0) is 43.0 Å². The molecule has 0 aliphatic heterocycles. The van der Waals surface area contributed by atoms with E-state index >= 15 is 0 Å². The first-order chi connectivity index (χ1) is 11.2. The Hall–Kier alpha value is -2.70. The molecule has 1 aliphatic rings. The van der Waals surface area contributed by atoms with Gasteiger partial charge in [-0.1, -0.05) is 18.2 Å². The van der Waals surface area contributed by atoms with Gasteiger partial charge in [-0.15, -0.1) is 10.2 Å². The second kappa shape index (κ2) is 7.04. The van der Waals surface area contributed by atoms with Crippen molar-refractivity contribution in [3.8, 4) is 0 Å². The number of urea groups is 1. The largest absolute Gasteiger partial charge is 0.368 e. The van der Waals surface area contributed by atoms with Crippen molar-refractivity contribution in [2.24, 2.45) is 0 Å². The third-order valence-corrected chi connectivity index (χ3v) is 3.48. The third-order valence-electron chi connectivity index (χ3n) is 3.48. The molecule has 1 aromatic heterocycles. The highest BCUT2D eigenvalue weighted by Crippen LogP contribution is 2.18. The normalized spacial score (nSPS) is 13.4. The Morgan fingerprint density at radius 1 is 1.13 bits per heavy atom. The Labute approximate surface area is 133 Å². The van der Waals surface area contributed by atoms with Crippen LogP contribution in [0.4, 0.5) is 20.8 Å². The summed E-state index contributed by atoms with van der Waals surface area (Å²) < 4.78 is 13.5. The topological polar surface area (TPSA) is 78.9 Å². The summed E-state index contributed by atoms with van der Waals surface area (Å²) in [6.07, 6.45) is 2.62. The number of amides is 2. The van der Waals surface area contributed by atoms with Crippen LogP contribution in [0.3, 0.4) is 0 Å². The number of anilines is 2. The van der Waals surface area contributed by atoms with Crippen molar-refractivity contribution in [2.75, 3.05) is 17.2 Å². The summed E-state index contributed by atoms with van der Waals surface area (Å²) in [4.78, 5) is 11.6. The van der Waals surface area contributed by atoms with Gasteiger partial charge in [-0.3, -0.25) is 5.32 Å². The van der Waals surface area contributed by atoms with E-state index in [1.165, 1.54) is 6.07 Å². The number of rotatable bonds is 6. The van der Waals surface area contributed by atoms with Crippen LogP contribution in [0, 0.1) is 5.82 Å². The highest BCUT2D eigenvalue weighted by atomic mass is 19.1. The number of nitrogens with one attached hydrogen (secondary N) is 3. The Kier molecular flexibility index (Phi) is 4.65. The van der Waals surface area contributed by atoms with Crippen molar-refractivity contribution in [3.05, 3.63) is 47.8 Å². The van der Waals surface area contributed by atoms with Crippen molar-refractivity contribution in [3.63, 3.8) is 0 Å². The molecule has 3 rings (SSSR count). The monoisotopic (exact) mass is 315 g/mol. The van der Waals surface area contributed by atoms with Gasteiger partial charge in [-0.2, -0.15) is 0 Å². The van der Waals surface area contributed by atoms with Crippen LogP contribution in [-0.4, -0.2) is 28.8 Å². The van der Waals surface area contributed by atoms with Gasteiger partial charge in [0, 0.05) is 12.6 Å². The summed E-state index contributed by atoms with van der Waals surface area (Å²) in [7, 11) is 0. The molecule has 0 saturated heterocycles. The predicted octanol–water partition coefficient (Wildman–Crippen LogP) is 2.55. The summed E-state index contributed by atoms with van der Waals surface area (Å²) in [5, 5.41) is 16.4. The minimum atomic E-state index is -0.262. The summed E-state index contributed by atoms with van der Waals surface area (Å²) in [6, 6.07) is 10.1. The lowest BCUT2D eigenvalue weighted by molar-refractivity contribution is 0.251. The van der Waals surface area contributed by atoms with Crippen LogP contribution >= 0.6 is 0 Å². The Morgan fingerprint density at radius 2 is 1.87 bits per heavy atom. The van der Waals surface area contributed by atoms with E-state index in [1.54, 1.807) is 24.3 Å². The molecule has 1 fully saturated rings. The van der Waals surface area contributed by atoms with Crippen LogP contribution in [0.5, 0.6) is 0 Å². The van der Waals surface area contributed by atoms with Gasteiger partial charge in [0.05, 0.1) is 0 Å². The molecule has 2 aromatic rings. The van der Waals surface area contributed by atoms with Crippen LogP contribution in [0.25, 0.3) is 0 Å². The molecule has 7 heteroatoms. The van der Waals surface area contributed by atoms with E-state index in [4.69, 9.17) is 0 Å². The van der Waals surface area contributed by atoms with E-state index in [2.05, 4.69) is 26.1 Å². The number of halogens is 1. The number of carbonyl (C=O) groups is 1. The van der Waals surface area contributed by atoms with Crippen molar-refractivity contribution < 1.29 is 9.18 Å². The molecule has 0 spiro atoms. The minimum Gasteiger partial charge on any atom is -0.368 e. The Balaban J connectivity index is 1.45.